The van der Waals surface area contributed by atoms with Gasteiger partial charge < -0.3 is 10.5 Å². The van der Waals surface area contributed by atoms with Crippen molar-refractivity contribution in [1.82, 2.24) is 14.8 Å². The normalized spacial score (nSPS) is 10.4. The van der Waals surface area contributed by atoms with E-state index in [4.69, 9.17) is 5.73 Å². The first-order valence-electron chi connectivity index (χ1n) is 5.10. The zero-order chi connectivity index (χ0) is 13.3. The fourth-order valence-corrected chi connectivity index (χ4v) is 1.76. The van der Waals surface area contributed by atoms with Gasteiger partial charge in [-0.2, -0.15) is 0 Å². The van der Waals surface area contributed by atoms with Crippen LogP contribution in [0.5, 0.6) is 0 Å². The fourth-order valence-electron chi connectivity index (χ4n) is 1.48. The zero-order valence-corrected chi connectivity index (χ0v) is 11.4. The van der Waals surface area contributed by atoms with Gasteiger partial charge in [-0.3, -0.25) is 0 Å². The first-order chi connectivity index (χ1) is 8.52. The number of ether oxygens (including phenoxy) is 1. The molecule has 0 spiro atoms. The highest BCUT2D eigenvalue weighted by atomic mass is 79.9. The molecular formula is C11H11BrN4O2. The summed E-state index contributed by atoms with van der Waals surface area (Å²) in [5, 5.41) is 4.09. The van der Waals surface area contributed by atoms with Crippen molar-refractivity contribution in [1.29, 1.82) is 0 Å². The number of carbonyl (C=O) groups is 1. The number of nitrogens with zero attached hydrogens (tertiary/aromatic N) is 3. The number of esters is 1. The minimum absolute atomic E-state index is 0.381. The number of nitrogens with two attached hydrogens (primary N) is 1. The van der Waals surface area contributed by atoms with Crippen LogP contribution in [0.1, 0.15) is 16.1 Å². The Morgan fingerprint density at radius 1 is 1.50 bits per heavy atom. The summed E-state index contributed by atoms with van der Waals surface area (Å²) in [7, 11) is 1.33. The van der Waals surface area contributed by atoms with Gasteiger partial charge in [0.1, 0.15) is 0 Å². The second-order valence-corrected chi connectivity index (χ2v) is 4.46. The molecule has 2 N–H and O–H groups in total. The van der Waals surface area contributed by atoms with Crippen molar-refractivity contribution in [3.63, 3.8) is 0 Å². The lowest BCUT2D eigenvalue weighted by Gasteiger charge is -2.05. The van der Waals surface area contributed by atoms with Gasteiger partial charge in [0.15, 0.2) is 11.6 Å². The Morgan fingerprint density at radius 3 is 2.72 bits per heavy atom. The van der Waals surface area contributed by atoms with Crippen LogP contribution < -0.4 is 5.73 Å². The van der Waals surface area contributed by atoms with Crippen molar-refractivity contribution in [3.05, 3.63) is 34.1 Å². The van der Waals surface area contributed by atoms with E-state index in [2.05, 4.69) is 30.7 Å². The Kier molecular flexibility index (Phi) is 3.33. The van der Waals surface area contributed by atoms with Crippen LogP contribution in [0.15, 0.2) is 22.8 Å². The first kappa shape index (κ1) is 12.6. The van der Waals surface area contributed by atoms with E-state index < -0.39 is 5.97 Å². The molecular weight excluding hydrogens is 300 g/mol. The second kappa shape index (κ2) is 4.77. The number of halogens is 1. The lowest BCUT2D eigenvalue weighted by Crippen LogP contribution is -2.08. The fraction of sp³-hybridized carbons (Fsp3) is 0.182. The van der Waals surface area contributed by atoms with Gasteiger partial charge in [-0.15, -0.1) is 5.10 Å². The Balaban J connectivity index is 2.43. The number of hydrogen-bond donors (Lipinski definition) is 1. The summed E-state index contributed by atoms with van der Waals surface area (Å²) < 4.78 is 6.89. The molecule has 0 bridgehead atoms. The van der Waals surface area contributed by atoms with Crippen LogP contribution in [0.3, 0.4) is 0 Å². The number of methoxy groups -OCH3 is 1. The molecule has 0 aromatic carbocycles. The summed E-state index contributed by atoms with van der Waals surface area (Å²) in [6, 6.07) is 3.33. The van der Waals surface area contributed by atoms with E-state index in [0.29, 0.717) is 27.4 Å². The van der Waals surface area contributed by atoms with Gasteiger partial charge in [0, 0.05) is 6.20 Å². The molecule has 18 heavy (non-hydrogen) atoms. The molecule has 0 radical (unpaired) electrons. The summed E-state index contributed by atoms with van der Waals surface area (Å²) in [4.78, 5) is 15.7. The molecule has 0 aliphatic heterocycles. The number of hydrogen-bond acceptors (Lipinski definition) is 5. The summed E-state index contributed by atoms with van der Waals surface area (Å²) in [6.07, 6.45) is 1.70. The van der Waals surface area contributed by atoms with E-state index in [1.54, 1.807) is 25.3 Å². The lowest BCUT2D eigenvalue weighted by atomic mass is 10.2. The van der Waals surface area contributed by atoms with Gasteiger partial charge in [0.25, 0.3) is 0 Å². The van der Waals surface area contributed by atoms with E-state index in [1.807, 2.05) is 0 Å². The van der Waals surface area contributed by atoms with E-state index >= 15 is 0 Å². The second-order valence-electron chi connectivity index (χ2n) is 3.60. The van der Waals surface area contributed by atoms with Gasteiger partial charge >= 0.3 is 5.97 Å². The number of aromatic nitrogens is 3. The quantitative estimate of drug-likeness (QED) is 0.854. The molecule has 94 valence electrons. The molecule has 0 aliphatic rings. The maximum absolute atomic E-state index is 11.4. The zero-order valence-electron chi connectivity index (χ0n) is 9.85. The van der Waals surface area contributed by atoms with Crippen LogP contribution in [-0.4, -0.2) is 27.8 Å². The van der Waals surface area contributed by atoms with Crippen LogP contribution in [0.2, 0.25) is 0 Å². The van der Waals surface area contributed by atoms with Crippen molar-refractivity contribution in [2.24, 2.45) is 0 Å². The Hall–Kier alpha value is -1.89. The van der Waals surface area contributed by atoms with Crippen LogP contribution in [0.4, 0.5) is 5.82 Å². The lowest BCUT2D eigenvalue weighted by molar-refractivity contribution is 0.0599. The minimum atomic E-state index is -0.410. The molecule has 7 heteroatoms. The van der Waals surface area contributed by atoms with E-state index in [0.717, 1.165) is 0 Å². The van der Waals surface area contributed by atoms with E-state index in [9.17, 15) is 4.79 Å². The molecule has 2 aromatic heterocycles. The Labute approximate surface area is 112 Å². The summed E-state index contributed by atoms with van der Waals surface area (Å²) in [5.41, 5.74) is 6.64. The Morgan fingerprint density at radius 2 is 2.22 bits per heavy atom. The highest BCUT2D eigenvalue weighted by Gasteiger charge is 2.12. The highest BCUT2D eigenvalue weighted by molar-refractivity contribution is 9.10. The maximum atomic E-state index is 11.4. The maximum Gasteiger partial charge on any atom is 0.339 e. The van der Waals surface area contributed by atoms with Crippen molar-refractivity contribution in [3.8, 4) is 5.82 Å². The van der Waals surface area contributed by atoms with Gasteiger partial charge in [0.2, 0.25) is 0 Å². The highest BCUT2D eigenvalue weighted by Crippen LogP contribution is 2.19. The number of anilines is 1. The molecule has 0 atom stereocenters. The summed E-state index contributed by atoms with van der Waals surface area (Å²) in [5.74, 6) is 0.553. The minimum Gasteiger partial charge on any atom is -0.465 e. The molecule has 2 heterocycles. The van der Waals surface area contributed by atoms with E-state index in [1.165, 1.54) is 11.8 Å². The smallest absolute Gasteiger partial charge is 0.339 e. The molecule has 0 unspecified atom stereocenters. The summed E-state index contributed by atoms with van der Waals surface area (Å²) in [6.45, 7) is 1.73. The Bertz CT molecular complexity index is 590. The van der Waals surface area contributed by atoms with Crippen LogP contribution in [0, 0.1) is 6.92 Å². The van der Waals surface area contributed by atoms with Gasteiger partial charge in [0.05, 0.1) is 22.8 Å². The average Bonchev–Trinajstić information content (AvgIpc) is 2.68. The predicted octanol–water partition coefficient (Wildman–Crippen LogP) is 1.71. The number of aryl methyl sites for hydroxylation is 1. The summed E-state index contributed by atoms with van der Waals surface area (Å²) >= 11 is 3.27. The largest absolute Gasteiger partial charge is 0.465 e. The molecule has 0 amide bonds. The third-order valence-corrected chi connectivity index (χ3v) is 3.02. The standard InChI is InChI=1S/C11H11BrN4O2/c1-6-7(11(17)18-2)3-4-9(14-6)16-5-8(12)10(13)15-16/h3-5H,1-2H3,(H2,13,15). The third kappa shape index (κ3) is 2.21. The van der Waals surface area contributed by atoms with Crippen molar-refractivity contribution >= 4 is 27.7 Å². The SMILES string of the molecule is COC(=O)c1ccc(-n2cc(Br)c(N)n2)nc1C. The van der Waals surface area contributed by atoms with E-state index in [-0.39, 0.29) is 0 Å². The molecule has 0 fully saturated rings. The topological polar surface area (TPSA) is 83.0 Å². The predicted molar refractivity (Wildman–Crippen MR) is 69.5 cm³/mol. The van der Waals surface area contributed by atoms with Gasteiger partial charge in [-0.1, -0.05) is 0 Å². The molecule has 0 aliphatic carbocycles. The molecule has 0 saturated carbocycles. The van der Waals surface area contributed by atoms with Crippen LogP contribution >= 0.6 is 15.9 Å². The first-order valence-corrected chi connectivity index (χ1v) is 5.89. The molecule has 2 aromatic rings. The van der Waals surface area contributed by atoms with Gasteiger partial charge in [-0.25, -0.2) is 14.5 Å². The molecule has 0 saturated heterocycles. The molecule has 6 nitrogen and oxygen atoms in total. The van der Waals surface area contributed by atoms with Crippen molar-refractivity contribution in [2.45, 2.75) is 6.92 Å². The average molecular weight is 311 g/mol. The van der Waals surface area contributed by atoms with Crippen molar-refractivity contribution < 1.29 is 9.53 Å². The number of pyridine rings is 1. The number of carbonyl (C=O) groups excluding carboxylic acids is 1. The third-order valence-electron chi connectivity index (χ3n) is 2.41. The van der Waals surface area contributed by atoms with Crippen LogP contribution in [-0.2, 0) is 4.74 Å². The number of nitrogen functional groups attached to an aromatic ring is 1. The van der Waals surface area contributed by atoms with Crippen LogP contribution in [0.25, 0.3) is 5.82 Å². The number of rotatable bonds is 2. The van der Waals surface area contributed by atoms with Gasteiger partial charge in [-0.05, 0) is 35.0 Å². The van der Waals surface area contributed by atoms with Crippen molar-refractivity contribution in [2.75, 3.05) is 12.8 Å². The monoisotopic (exact) mass is 310 g/mol. The molecule has 2 rings (SSSR count).